The van der Waals surface area contributed by atoms with Crippen molar-refractivity contribution in [3.8, 4) is 0 Å². The van der Waals surface area contributed by atoms with Crippen LogP contribution in [0.4, 0.5) is 0 Å². The van der Waals surface area contributed by atoms with E-state index < -0.39 is 0 Å². The highest BCUT2D eigenvalue weighted by atomic mass is 16.7. The third-order valence-corrected chi connectivity index (χ3v) is 4.63. The maximum Gasteiger partial charge on any atom is 0.306 e. The highest BCUT2D eigenvalue weighted by Crippen LogP contribution is 2.25. The van der Waals surface area contributed by atoms with E-state index in [4.69, 9.17) is 14.2 Å². The van der Waals surface area contributed by atoms with Crippen LogP contribution in [0.15, 0.2) is 30.3 Å². The zero-order chi connectivity index (χ0) is 21.2. The van der Waals surface area contributed by atoms with E-state index in [1.807, 2.05) is 30.3 Å². The minimum absolute atomic E-state index is 0.00250. The first-order valence-corrected chi connectivity index (χ1v) is 10.5. The normalized spacial score (nSPS) is 15.3. The summed E-state index contributed by atoms with van der Waals surface area (Å²) in [6, 6.07) is 10.1. The molecule has 0 heterocycles. The van der Waals surface area contributed by atoms with Gasteiger partial charge in [0.15, 0.2) is 0 Å². The summed E-state index contributed by atoms with van der Waals surface area (Å²) in [5, 5.41) is 0. The molecule has 1 rings (SSSR count). The number of hydrogen-bond donors (Lipinski definition) is 0. The first kappa shape index (κ1) is 24.6. The lowest BCUT2D eigenvalue weighted by atomic mass is 9.86. The average Bonchev–Trinajstić information content (AvgIpc) is 2.59. The van der Waals surface area contributed by atoms with E-state index in [1.54, 1.807) is 0 Å². The monoisotopic (exact) mass is 392 g/mol. The van der Waals surface area contributed by atoms with Gasteiger partial charge < -0.3 is 14.2 Å². The predicted octanol–water partition coefficient (Wildman–Crippen LogP) is 5.84. The van der Waals surface area contributed by atoms with Crippen molar-refractivity contribution in [2.24, 2.45) is 23.2 Å². The molecule has 0 aliphatic carbocycles. The molecule has 160 valence electrons. The van der Waals surface area contributed by atoms with Gasteiger partial charge in [-0.25, -0.2) is 0 Å². The van der Waals surface area contributed by atoms with Gasteiger partial charge in [0, 0.05) is 6.42 Å². The van der Waals surface area contributed by atoms with Gasteiger partial charge in [0.1, 0.15) is 6.79 Å². The topological polar surface area (TPSA) is 44.8 Å². The molecule has 0 bridgehead atoms. The largest absolute Gasteiger partial charge is 0.465 e. The number of esters is 1. The fourth-order valence-electron chi connectivity index (χ4n) is 3.37. The molecular weight excluding hydrogens is 352 g/mol. The highest BCUT2D eigenvalue weighted by molar-refractivity contribution is 5.69. The van der Waals surface area contributed by atoms with E-state index >= 15 is 0 Å². The summed E-state index contributed by atoms with van der Waals surface area (Å²) in [5.74, 6) is 0.876. The van der Waals surface area contributed by atoms with E-state index in [1.165, 1.54) is 0 Å². The number of carbonyl (C=O) groups is 1. The molecule has 3 atom stereocenters. The van der Waals surface area contributed by atoms with Gasteiger partial charge >= 0.3 is 5.97 Å². The summed E-state index contributed by atoms with van der Waals surface area (Å²) in [7, 11) is 0. The van der Waals surface area contributed by atoms with Crippen LogP contribution in [0.1, 0.15) is 66.9 Å². The molecule has 4 heteroatoms. The van der Waals surface area contributed by atoms with Gasteiger partial charge in [-0.1, -0.05) is 78.8 Å². The van der Waals surface area contributed by atoms with Gasteiger partial charge in [-0.15, -0.1) is 0 Å². The first-order chi connectivity index (χ1) is 13.1. The minimum atomic E-state index is -0.108. The second kappa shape index (κ2) is 12.2. The summed E-state index contributed by atoms with van der Waals surface area (Å²) < 4.78 is 17.1. The van der Waals surface area contributed by atoms with Crippen molar-refractivity contribution < 1.29 is 19.0 Å². The molecule has 0 radical (unpaired) electrons. The number of hydrogen-bond acceptors (Lipinski definition) is 4. The van der Waals surface area contributed by atoms with Crippen molar-refractivity contribution in [2.45, 2.75) is 74.0 Å². The highest BCUT2D eigenvalue weighted by Gasteiger charge is 2.25. The molecule has 0 saturated carbocycles. The molecule has 0 fully saturated rings. The average molecular weight is 393 g/mol. The minimum Gasteiger partial charge on any atom is -0.465 e. The second-order valence-electron chi connectivity index (χ2n) is 9.57. The summed E-state index contributed by atoms with van der Waals surface area (Å²) in [4.78, 5) is 12.1. The van der Waals surface area contributed by atoms with Crippen molar-refractivity contribution in [3.05, 3.63) is 35.9 Å². The van der Waals surface area contributed by atoms with E-state index in [0.29, 0.717) is 31.5 Å². The quantitative estimate of drug-likeness (QED) is 0.254. The number of benzene rings is 1. The molecule has 0 aromatic heterocycles. The molecule has 0 unspecified atom stereocenters. The molecule has 1 aromatic rings. The van der Waals surface area contributed by atoms with Crippen LogP contribution >= 0.6 is 0 Å². The fourth-order valence-corrected chi connectivity index (χ4v) is 3.37. The van der Waals surface area contributed by atoms with Crippen molar-refractivity contribution >= 4 is 5.97 Å². The summed E-state index contributed by atoms with van der Waals surface area (Å²) in [6.45, 7) is 16.1. The number of rotatable bonds is 12. The Morgan fingerprint density at radius 1 is 1.04 bits per heavy atom. The molecule has 0 aliphatic rings. The summed E-state index contributed by atoms with van der Waals surface area (Å²) in [6.07, 6.45) is 1.48. The summed E-state index contributed by atoms with van der Waals surface area (Å²) >= 11 is 0. The van der Waals surface area contributed by atoms with Crippen molar-refractivity contribution in [3.63, 3.8) is 0 Å². The lowest BCUT2D eigenvalue weighted by Gasteiger charge is -2.29. The van der Waals surface area contributed by atoms with Crippen LogP contribution in [-0.4, -0.2) is 25.5 Å². The Balaban J connectivity index is 2.37. The third kappa shape index (κ3) is 10.8. The molecular formula is C24H40O4. The van der Waals surface area contributed by atoms with Crippen LogP contribution < -0.4 is 0 Å². The van der Waals surface area contributed by atoms with Crippen LogP contribution in [0.2, 0.25) is 0 Å². The Labute approximate surface area is 172 Å². The van der Waals surface area contributed by atoms with Gasteiger partial charge in [-0.2, -0.15) is 0 Å². The third-order valence-electron chi connectivity index (χ3n) is 4.63. The Morgan fingerprint density at radius 2 is 1.68 bits per heavy atom. The van der Waals surface area contributed by atoms with Gasteiger partial charge in [0.05, 0.1) is 19.3 Å². The van der Waals surface area contributed by atoms with Gasteiger partial charge in [-0.05, 0) is 35.2 Å². The zero-order valence-corrected chi connectivity index (χ0v) is 18.9. The van der Waals surface area contributed by atoms with Crippen LogP contribution in [0.25, 0.3) is 0 Å². The van der Waals surface area contributed by atoms with E-state index in [-0.39, 0.29) is 30.2 Å². The molecule has 0 N–H and O–H groups in total. The van der Waals surface area contributed by atoms with Gasteiger partial charge in [-0.3, -0.25) is 4.79 Å². The van der Waals surface area contributed by atoms with Crippen LogP contribution in [0.3, 0.4) is 0 Å². The van der Waals surface area contributed by atoms with E-state index in [2.05, 4.69) is 48.5 Å². The number of ether oxygens (including phenoxy) is 3. The molecule has 0 saturated heterocycles. The van der Waals surface area contributed by atoms with Crippen LogP contribution in [-0.2, 0) is 25.6 Å². The molecule has 0 aliphatic heterocycles. The van der Waals surface area contributed by atoms with Crippen molar-refractivity contribution in [1.82, 2.24) is 0 Å². The van der Waals surface area contributed by atoms with E-state index in [0.717, 1.165) is 12.0 Å². The number of carbonyl (C=O) groups excluding carboxylic acids is 1. The van der Waals surface area contributed by atoms with E-state index in [9.17, 15) is 4.79 Å². The standard InChI is InChI=1S/C24H40O4/c1-18(2)23(28-17-26-15-21-11-9-8-10-12-21)20(4)13-19(3)14-22(25)27-16-24(5,6)7/h8-12,18-20,23H,13-17H2,1-7H3/t19-,20+,23-/m1/s1. The smallest absolute Gasteiger partial charge is 0.306 e. The maximum absolute atomic E-state index is 12.1. The van der Waals surface area contributed by atoms with Crippen molar-refractivity contribution in [2.75, 3.05) is 13.4 Å². The maximum atomic E-state index is 12.1. The summed E-state index contributed by atoms with van der Waals surface area (Å²) in [5.41, 5.74) is 1.14. The Morgan fingerprint density at radius 3 is 2.25 bits per heavy atom. The molecule has 28 heavy (non-hydrogen) atoms. The molecule has 0 amide bonds. The van der Waals surface area contributed by atoms with Gasteiger partial charge in [0.2, 0.25) is 0 Å². The Hall–Kier alpha value is -1.39. The second-order valence-corrected chi connectivity index (χ2v) is 9.57. The molecule has 0 spiro atoms. The molecule has 1 aromatic carbocycles. The zero-order valence-electron chi connectivity index (χ0n) is 18.9. The Bertz CT molecular complexity index is 547. The Kier molecular flexibility index (Phi) is 10.8. The lowest BCUT2D eigenvalue weighted by molar-refractivity contribution is -0.148. The predicted molar refractivity (Wildman–Crippen MR) is 114 cm³/mol. The molecule has 4 nitrogen and oxygen atoms in total. The van der Waals surface area contributed by atoms with Crippen molar-refractivity contribution in [1.29, 1.82) is 0 Å². The lowest BCUT2D eigenvalue weighted by Crippen LogP contribution is -2.30. The SMILES string of the molecule is CC(C)[C@@H](OCOCc1ccccc1)[C@@H](C)C[C@@H](C)CC(=O)OCC(C)(C)C. The van der Waals surface area contributed by atoms with Crippen LogP contribution in [0, 0.1) is 23.2 Å². The van der Waals surface area contributed by atoms with Crippen LogP contribution in [0.5, 0.6) is 0 Å². The first-order valence-electron chi connectivity index (χ1n) is 10.5. The fraction of sp³-hybridized carbons (Fsp3) is 0.708. The van der Waals surface area contributed by atoms with Gasteiger partial charge in [0.25, 0.3) is 0 Å².